The summed E-state index contributed by atoms with van der Waals surface area (Å²) in [5.41, 5.74) is 11.7. The number of nitrogens with one attached hydrogen (secondary N) is 1. The van der Waals surface area contributed by atoms with E-state index in [1.807, 2.05) is 60.7 Å². The van der Waals surface area contributed by atoms with Crippen LogP contribution in [0.4, 0.5) is 34.1 Å². The molecule has 0 saturated carbocycles. The highest BCUT2D eigenvalue weighted by atomic mass is 16.3. The minimum atomic E-state index is -0.322. The lowest BCUT2D eigenvalue weighted by molar-refractivity contribution is 0.619. The van der Waals surface area contributed by atoms with Crippen molar-refractivity contribution in [2.24, 2.45) is 9.98 Å². The fourth-order valence-electron chi connectivity index (χ4n) is 7.13. The lowest BCUT2D eigenvalue weighted by Crippen LogP contribution is -2.33. The summed E-state index contributed by atoms with van der Waals surface area (Å²) in [6.07, 6.45) is -0.322. The van der Waals surface area contributed by atoms with E-state index in [-0.39, 0.29) is 6.17 Å². The second kappa shape index (κ2) is 12.8. The molecule has 0 bridgehead atoms. The van der Waals surface area contributed by atoms with E-state index in [4.69, 9.17) is 19.4 Å². The van der Waals surface area contributed by atoms with Crippen LogP contribution in [0.3, 0.4) is 0 Å². The predicted octanol–water partition coefficient (Wildman–Crippen LogP) is 11.2. The summed E-state index contributed by atoms with van der Waals surface area (Å²) in [4.78, 5) is 19.6. The molecule has 1 atom stereocenters. The van der Waals surface area contributed by atoms with Crippen molar-refractivity contribution in [2.45, 2.75) is 6.17 Å². The fourth-order valence-corrected chi connectivity index (χ4v) is 7.13. The molecule has 0 aliphatic carbocycles. The van der Waals surface area contributed by atoms with E-state index in [1.54, 1.807) is 0 Å². The van der Waals surface area contributed by atoms with Gasteiger partial charge in [0.2, 0.25) is 5.89 Å². The minimum absolute atomic E-state index is 0.322. The molecule has 8 aromatic rings. The molecule has 0 saturated heterocycles. The summed E-state index contributed by atoms with van der Waals surface area (Å²) in [5.74, 6) is 2.03. The number of rotatable bonds is 6. The molecule has 53 heavy (non-hydrogen) atoms. The number of oxazole rings is 1. The number of fused-ring (bicyclic) bond motifs is 3. The van der Waals surface area contributed by atoms with Gasteiger partial charge in [0.15, 0.2) is 11.4 Å². The first-order valence-electron chi connectivity index (χ1n) is 17.6. The molecular weight excluding hydrogens is 653 g/mol. The number of aromatic nitrogens is 1. The Labute approximate surface area is 306 Å². The Hall–Kier alpha value is -7.25. The van der Waals surface area contributed by atoms with Gasteiger partial charge in [0, 0.05) is 34.1 Å². The first-order valence-corrected chi connectivity index (χ1v) is 17.6. The number of nitrogens with zero attached hydrogens (tertiary/aromatic N) is 5. The number of para-hydroxylation sites is 4. The molecule has 0 fully saturated rings. The number of amidine groups is 2. The highest BCUT2D eigenvalue weighted by Crippen LogP contribution is 2.55. The molecule has 0 radical (unpaired) electrons. The van der Waals surface area contributed by atoms with Crippen molar-refractivity contribution in [2.75, 3.05) is 9.80 Å². The van der Waals surface area contributed by atoms with Crippen molar-refractivity contribution in [1.82, 2.24) is 10.3 Å². The molecule has 1 aromatic heterocycles. The molecule has 3 heterocycles. The van der Waals surface area contributed by atoms with Crippen molar-refractivity contribution < 1.29 is 4.42 Å². The average Bonchev–Trinajstić information content (AvgIpc) is 3.66. The molecule has 10 rings (SSSR count). The molecule has 0 amide bonds. The lowest BCUT2D eigenvalue weighted by atomic mass is 10.0. The highest BCUT2D eigenvalue weighted by Gasteiger charge is 2.32. The Kier molecular flexibility index (Phi) is 7.39. The summed E-state index contributed by atoms with van der Waals surface area (Å²) in [6, 6.07) is 62.2. The van der Waals surface area contributed by atoms with Gasteiger partial charge in [-0.1, -0.05) is 121 Å². The molecule has 2 aliphatic heterocycles. The minimum Gasteiger partial charge on any atom is -0.436 e. The van der Waals surface area contributed by atoms with Crippen LogP contribution in [-0.2, 0) is 0 Å². The van der Waals surface area contributed by atoms with Crippen LogP contribution in [-0.4, -0.2) is 16.7 Å². The van der Waals surface area contributed by atoms with Gasteiger partial charge in [0.05, 0.1) is 22.7 Å². The number of hydrogen-bond acceptors (Lipinski definition) is 7. The van der Waals surface area contributed by atoms with Crippen LogP contribution in [0.15, 0.2) is 196 Å². The molecule has 0 spiro atoms. The third-order valence-corrected chi connectivity index (χ3v) is 9.65. The molecule has 7 heteroatoms. The maximum absolute atomic E-state index is 6.55. The largest absolute Gasteiger partial charge is 0.436 e. The molecule has 7 nitrogen and oxygen atoms in total. The smallest absolute Gasteiger partial charge is 0.227 e. The fraction of sp³-hybridized carbons (Fsp3) is 0.0217. The van der Waals surface area contributed by atoms with Gasteiger partial charge in [0.1, 0.15) is 17.5 Å². The topological polar surface area (TPSA) is 69.3 Å². The molecule has 2 aliphatic rings. The van der Waals surface area contributed by atoms with E-state index in [2.05, 4.69) is 136 Å². The monoisotopic (exact) mass is 684 g/mol. The Morgan fingerprint density at radius 3 is 1.62 bits per heavy atom. The second-order valence-corrected chi connectivity index (χ2v) is 13.0. The molecule has 1 unspecified atom stereocenters. The zero-order valence-electron chi connectivity index (χ0n) is 28.5. The number of hydrogen-bond donors (Lipinski definition) is 1. The summed E-state index contributed by atoms with van der Waals surface area (Å²) in [5, 5.41) is 3.55. The third-order valence-electron chi connectivity index (χ3n) is 9.65. The maximum atomic E-state index is 6.55. The lowest BCUT2D eigenvalue weighted by Gasteiger charge is -2.40. The first-order chi connectivity index (χ1) is 26.3. The van der Waals surface area contributed by atoms with Gasteiger partial charge in [-0.15, -0.1) is 0 Å². The molecule has 252 valence electrons. The summed E-state index contributed by atoms with van der Waals surface area (Å²) >= 11 is 0. The van der Waals surface area contributed by atoms with E-state index in [9.17, 15) is 0 Å². The second-order valence-electron chi connectivity index (χ2n) is 13.0. The number of benzene rings is 7. The van der Waals surface area contributed by atoms with Gasteiger partial charge >= 0.3 is 0 Å². The van der Waals surface area contributed by atoms with Gasteiger partial charge < -0.3 is 19.5 Å². The SMILES string of the molecule is c1ccc(C2=NC(c3ccc(-c4nc5cc6c(cc5o4)N(c4ccccc4)c4ccccc4N6c4ccccc4)cc3)NC(c3ccccc3)=N2)cc1. The van der Waals surface area contributed by atoms with E-state index in [0.717, 1.165) is 67.7 Å². The Bertz CT molecular complexity index is 2530. The first kappa shape index (κ1) is 30.6. The third kappa shape index (κ3) is 5.52. The molecular formula is C46H32N6O. The standard InChI is InChI=1S/C46H32N6O/c1-5-15-31(16-6-1)43-48-44(32-17-7-2-8-18-32)50-45(49-43)33-25-27-34(28-26-33)46-47-37-29-40-41(30-42(37)53-46)52(36-21-11-4-12-22-36)39-24-14-13-23-38(39)51(40)35-19-9-3-10-20-35/h1-30,45H,(H,48,49,50). The van der Waals surface area contributed by atoms with E-state index >= 15 is 0 Å². The zero-order chi connectivity index (χ0) is 35.1. The quantitative estimate of drug-likeness (QED) is 0.189. The van der Waals surface area contributed by atoms with Gasteiger partial charge in [-0.25, -0.2) is 15.0 Å². The summed E-state index contributed by atoms with van der Waals surface area (Å²) < 4.78 is 6.55. The number of aliphatic imine (C=N–C) groups is 2. The van der Waals surface area contributed by atoms with Crippen molar-refractivity contribution >= 4 is 56.9 Å². The highest BCUT2D eigenvalue weighted by molar-refractivity contribution is 6.13. The van der Waals surface area contributed by atoms with Crippen molar-refractivity contribution in [3.8, 4) is 11.5 Å². The van der Waals surface area contributed by atoms with Crippen molar-refractivity contribution in [1.29, 1.82) is 0 Å². The van der Waals surface area contributed by atoms with Gasteiger partial charge in [-0.05, 0) is 60.2 Å². The van der Waals surface area contributed by atoms with Gasteiger partial charge in [0.25, 0.3) is 0 Å². The predicted molar refractivity (Wildman–Crippen MR) is 214 cm³/mol. The van der Waals surface area contributed by atoms with Crippen LogP contribution < -0.4 is 15.1 Å². The van der Waals surface area contributed by atoms with Crippen LogP contribution >= 0.6 is 0 Å². The maximum Gasteiger partial charge on any atom is 0.227 e. The Morgan fingerprint density at radius 1 is 0.491 bits per heavy atom. The normalized spacial score (nSPS) is 14.9. The Morgan fingerprint density at radius 2 is 1.02 bits per heavy atom. The van der Waals surface area contributed by atoms with Crippen LogP contribution in [0.1, 0.15) is 22.9 Å². The van der Waals surface area contributed by atoms with E-state index in [0.29, 0.717) is 17.3 Å². The molecule has 1 N–H and O–H groups in total. The van der Waals surface area contributed by atoms with Crippen LogP contribution in [0.5, 0.6) is 0 Å². The summed E-state index contributed by atoms with van der Waals surface area (Å²) in [6.45, 7) is 0. The molecule has 7 aromatic carbocycles. The van der Waals surface area contributed by atoms with Gasteiger partial charge in [-0.2, -0.15) is 0 Å². The van der Waals surface area contributed by atoms with E-state index < -0.39 is 0 Å². The zero-order valence-corrected chi connectivity index (χ0v) is 28.5. The van der Waals surface area contributed by atoms with Gasteiger partial charge in [-0.3, -0.25) is 0 Å². The average molecular weight is 685 g/mol. The van der Waals surface area contributed by atoms with Crippen molar-refractivity contribution in [3.63, 3.8) is 0 Å². The van der Waals surface area contributed by atoms with Crippen LogP contribution in [0.2, 0.25) is 0 Å². The van der Waals surface area contributed by atoms with Crippen LogP contribution in [0, 0.1) is 0 Å². The van der Waals surface area contributed by atoms with Crippen LogP contribution in [0.25, 0.3) is 22.6 Å². The summed E-state index contributed by atoms with van der Waals surface area (Å²) in [7, 11) is 0. The van der Waals surface area contributed by atoms with Crippen molar-refractivity contribution in [3.05, 3.63) is 199 Å². The van der Waals surface area contributed by atoms with E-state index in [1.165, 1.54) is 0 Å². The Balaban J connectivity index is 1.04. The number of anilines is 6.